The molecule has 0 radical (unpaired) electrons. The van der Waals surface area contributed by atoms with Crippen LogP contribution in [0.2, 0.25) is 0 Å². The zero-order valence-corrected chi connectivity index (χ0v) is 12.8. The van der Waals surface area contributed by atoms with Crippen molar-refractivity contribution in [3.05, 3.63) is 30.2 Å². The van der Waals surface area contributed by atoms with Gasteiger partial charge in [-0.3, -0.25) is 0 Å². The van der Waals surface area contributed by atoms with Crippen molar-refractivity contribution in [1.82, 2.24) is 4.98 Å². The van der Waals surface area contributed by atoms with Gasteiger partial charge in [0.15, 0.2) is 0 Å². The van der Waals surface area contributed by atoms with E-state index in [9.17, 15) is 8.78 Å². The third-order valence-electron chi connectivity index (χ3n) is 3.51. The number of aromatic nitrogens is 1. The van der Waals surface area contributed by atoms with Gasteiger partial charge in [0.2, 0.25) is 5.95 Å². The Morgan fingerprint density at radius 2 is 2.19 bits per heavy atom. The SMILES string of the molecule is C=C(F)c1ccc(N2CCCC2COC(C)(C)C)nc1F. The molecule has 116 valence electrons. The summed E-state index contributed by atoms with van der Waals surface area (Å²) in [6.07, 6.45) is 2.00. The summed E-state index contributed by atoms with van der Waals surface area (Å²) in [5.74, 6) is -1.10. The summed E-state index contributed by atoms with van der Waals surface area (Å²) in [4.78, 5) is 5.90. The van der Waals surface area contributed by atoms with Crippen LogP contribution in [0.1, 0.15) is 39.2 Å². The van der Waals surface area contributed by atoms with Crippen molar-refractivity contribution in [2.45, 2.75) is 45.3 Å². The molecule has 0 spiro atoms. The molecular weight excluding hydrogens is 274 g/mol. The smallest absolute Gasteiger partial charge is 0.225 e. The predicted molar refractivity (Wildman–Crippen MR) is 80.4 cm³/mol. The number of halogens is 2. The van der Waals surface area contributed by atoms with E-state index in [1.54, 1.807) is 6.07 Å². The minimum absolute atomic E-state index is 0.176. The summed E-state index contributed by atoms with van der Waals surface area (Å²) in [6.45, 7) is 10.5. The van der Waals surface area contributed by atoms with Gasteiger partial charge in [0.25, 0.3) is 0 Å². The summed E-state index contributed by atoms with van der Waals surface area (Å²) in [5, 5.41) is 0. The van der Waals surface area contributed by atoms with Crippen molar-refractivity contribution in [2.75, 3.05) is 18.1 Å². The maximum atomic E-state index is 13.8. The van der Waals surface area contributed by atoms with E-state index in [1.807, 2.05) is 25.7 Å². The minimum atomic E-state index is -0.817. The van der Waals surface area contributed by atoms with E-state index in [-0.39, 0.29) is 17.2 Å². The molecule has 1 atom stereocenters. The van der Waals surface area contributed by atoms with Crippen LogP contribution in [0.5, 0.6) is 0 Å². The van der Waals surface area contributed by atoms with Crippen LogP contribution in [0.4, 0.5) is 14.6 Å². The van der Waals surface area contributed by atoms with Crippen LogP contribution in [0.25, 0.3) is 5.83 Å². The molecule has 3 nitrogen and oxygen atoms in total. The normalized spacial score (nSPS) is 19.1. The number of hydrogen-bond acceptors (Lipinski definition) is 3. The molecule has 1 aromatic rings. The minimum Gasteiger partial charge on any atom is -0.374 e. The van der Waals surface area contributed by atoms with Crippen LogP contribution in [0.15, 0.2) is 18.7 Å². The van der Waals surface area contributed by atoms with E-state index in [2.05, 4.69) is 11.6 Å². The van der Waals surface area contributed by atoms with Crippen LogP contribution in [-0.4, -0.2) is 29.8 Å². The van der Waals surface area contributed by atoms with Gasteiger partial charge < -0.3 is 9.64 Å². The van der Waals surface area contributed by atoms with E-state index in [4.69, 9.17) is 4.74 Å². The van der Waals surface area contributed by atoms with Crippen molar-refractivity contribution in [1.29, 1.82) is 0 Å². The number of rotatable bonds is 4. The van der Waals surface area contributed by atoms with Gasteiger partial charge in [0.1, 0.15) is 11.6 Å². The molecule has 2 rings (SSSR count). The quantitative estimate of drug-likeness (QED) is 0.787. The Morgan fingerprint density at radius 1 is 1.48 bits per heavy atom. The molecule has 0 saturated carbocycles. The lowest BCUT2D eigenvalue weighted by molar-refractivity contribution is -0.00941. The summed E-state index contributed by atoms with van der Waals surface area (Å²) < 4.78 is 32.6. The number of anilines is 1. The van der Waals surface area contributed by atoms with Gasteiger partial charge in [-0.2, -0.15) is 4.39 Å². The number of hydrogen-bond donors (Lipinski definition) is 0. The van der Waals surface area contributed by atoms with Crippen molar-refractivity contribution in [2.24, 2.45) is 0 Å². The summed E-state index contributed by atoms with van der Waals surface area (Å²) in [5.41, 5.74) is -0.386. The molecule has 0 amide bonds. The number of pyridine rings is 1. The van der Waals surface area contributed by atoms with E-state index >= 15 is 0 Å². The fraction of sp³-hybridized carbons (Fsp3) is 0.562. The van der Waals surface area contributed by atoms with E-state index in [0.29, 0.717) is 12.4 Å². The first-order chi connectivity index (χ1) is 9.78. The zero-order valence-electron chi connectivity index (χ0n) is 12.8. The Morgan fingerprint density at radius 3 is 2.76 bits per heavy atom. The second kappa shape index (κ2) is 6.10. The Bertz CT molecular complexity index is 525. The van der Waals surface area contributed by atoms with Gasteiger partial charge in [0.05, 0.1) is 23.8 Å². The largest absolute Gasteiger partial charge is 0.374 e. The molecule has 1 aromatic heterocycles. The molecule has 2 heterocycles. The molecule has 1 fully saturated rings. The summed E-state index contributed by atoms with van der Waals surface area (Å²) in [6, 6.07) is 3.20. The predicted octanol–water partition coefficient (Wildman–Crippen LogP) is 3.94. The Labute approximate surface area is 124 Å². The van der Waals surface area contributed by atoms with Gasteiger partial charge in [-0.25, -0.2) is 9.37 Å². The molecule has 0 N–H and O–H groups in total. The monoisotopic (exact) mass is 296 g/mol. The maximum absolute atomic E-state index is 13.8. The van der Waals surface area contributed by atoms with Crippen LogP contribution < -0.4 is 4.90 Å². The van der Waals surface area contributed by atoms with Crippen LogP contribution in [0.3, 0.4) is 0 Å². The molecule has 1 aliphatic heterocycles. The molecule has 1 unspecified atom stereocenters. The first kappa shape index (κ1) is 15.9. The second-order valence-electron chi connectivity index (χ2n) is 6.33. The molecule has 5 heteroatoms. The highest BCUT2D eigenvalue weighted by Crippen LogP contribution is 2.27. The summed E-state index contributed by atoms with van der Waals surface area (Å²) in [7, 11) is 0. The first-order valence-electron chi connectivity index (χ1n) is 7.20. The fourth-order valence-corrected chi connectivity index (χ4v) is 2.44. The zero-order chi connectivity index (χ0) is 15.6. The van der Waals surface area contributed by atoms with E-state index in [1.165, 1.54) is 6.07 Å². The van der Waals surface area contributed by atoms with Crippen LogP contribution in [0, 0.1) is 5.95 Å². The Balaban J connectivity index is 2.13. The highest BCUT2D eigenvalue weighted by Gasteiger charge is 2.28. The Kier molecular flexibility index (Phi) is 4.61. The van der Waals surface area contributed by atoms with Gasteiger partial charge in [-0.15, -0.1) is 0 Å². The average Bonchev–Trinajstić information content (AvgIpc) is 2.83. The third-order valence-corrected chi connectivity index (χ3v) is 3.51. The third kappa shape index (κ3) is 4.00. The lowest BCUT2D eigenvalue weighted by Gasteiger charge is -2.29. The average molecular weight is 296 g/mol. The molecule has 21 heavy (non-hydrogen) atoms. The standard InChI is InChI=1S/C16H22F2N2O/c1-11(17)13-7-8-14(19-15(13)18)20-9-5-6-12(20)10-21-16(2,3)4/h7-8,12H,1,5-6,9-10H2,2-4H3. The lowest BCUT2D eigenvalue weighted by Crippen LogP contribution is -2.36. The highest BCUT2D eigenvalue weighted by molar-refractivity contribution is 5.58. The molecular formula is C16H22F2N2O. The second-order valence-corrected chi connectivity index (χ2v) is 6.33. The van der Waals surface area contributed by atoms with Gasteiger partial charge >= 0.3 is 0 Å². The maximum Gasteiger partial charge on any atom is 0.225 e. The van der Waals surface area contributed by atoms with Crippen LogP contribution in [-0.2, 0) is 4.74 Å². The molecule has 1 aliphatic rings. The lowest BCUT2D eigenvalue weighted by atomic mass is 10.1. The topological polar surface area (TPSA) is 25.4 Å². The van der Waals surface area contributed by atoms with Gasteiger partial charge in [-0.1, -0.05) is 6.58 Å². The number of nitrogens with zero attached hydrogens (tertiary/aromatic N) is 2. The summed E-state index contributed by atoms with van der Waals surface area (Å²) >= 11 is 0. The molecule has 0 bridgehead atoms. The van der Waals surface area contributed by atoms with Crippen molar-refractivity contribution >= 4 is 11.6 Å². The Hall–Kier alpha value is -1.49. The van der Waals surface area contributed by atoms with E-state index in [0.717, 1.165) is 19.4 Å². The number of ether oxygens (including phenoxy) is 1. The molecule has 0 aromatic carbocycles. The van der Waals surface area contributed by atoms with Gasteiger partial charge in [0, 0.05) is 6.54 Å². The van der Waals surface area contributed by atoms with Crippen molar-refractivity contribution in [3.63, 3.8) is 0 Å². The highest BCUT2D eigenvalue weighted by atomic mass is 19.1. The first-order valence-corrected chi connectivity index (χ1v) is 7.20. The van der Waals surface area contributed by atoms with Crippen molar-refractivity contribution in [3.8, 4) is 0 Å². The van der Waals surface area contributed by atoms with E-state index < -0.39 is 11.8 Å². The van der Waals surface area contributed by atoms with Crippen LogP contribution >= 0.6 is 0 Å². The molecule has 1 saturated heterocycles. The van der Waals surface area contributed by atoms with Crippen molar-refractivity contribution < 1.29 is 13.5 Å². The fourth-order valence-electron chi connectivity index (χ4n) is 2.44. The molecule has 0 aliphatic carbocycles. The van der Waals surface area contributed by atoms with Gasteiger partial charge in [-0.05, 0) is 45.7 Å².